The number of aliphatic hydroxyl groups excluding tert-OH is 1. The van der Waals surface area contributed by atoms with Gasteiger partial charge in [0.25, 0.3) is 0 Å². The van der Waals surface area contributed by atoms with Gasteiger partial charge in [-0.05, 0) is 49.9 Å². The van der Waals surface area contributed by atoms with Gasteiger partial charge in [0.1, 0.15) is 0 Å². The molecule has 0 amide bonds. The van der Waals surface area contributed by atoms with E-state index in [-0.39, 0.29) is 29.8 Å². The summed E-state index contributed by atoms with van der Waals surface area (Å²) in [7, 11) is 0. The van der Waals surface area contributed by atoms with Gasteiger partial charge in [-0.25, -0.2) is 0 Å². The van der Waals surface area contributed by atoms with Gasteiger partial charge in [-0.2, -0.15) is 13.2 Å². The fourth-order valence-electron chi connectivity index (χ4n) is 4.07. The Morgan fingerprint density at radius 3 is 2.70 bits per heavy atom. The Morgan fingerprint density at radius 2 is 2.09 bits per heavy atom. The molecule has 5 atom stereocenters. The molecule has 0 heterocycles. The van der Waals surface area contributed by atoms with Crippen molar-refractivity contribution in [3.05, 3.63) is 11.6 Å². The van der Waals surface area contributed by atoms with E-state index in [4.69, 9.17) is 0 Å². The number of aliphatic hydroxyl groups is 2. The molecule has 0 bridgehead atoms. The highest BCUT2D eigenvalue weighted by Crippen LogP contribution is 2.54. The molecule has 0 aromatic carbocycles. The monoisotopic (exact) mass is 330 g/mol. The summed E-state index contributed by atoms with van der Waals surface area (Å²) in [6.45, 7) is 4.78. The van der Waals surface area contributed by atoms with E-state index in [9.17, 15) is 23.4 Å². The van der Waals surface area contributed by atoms with Gasteiger partial charge in [0.05, 0.1) is 6.10 Å². The van der Waals surface area contributed by atoms with Gasteiger partial charge in [0, 0.05) is 6.42 Å². The predicted molar refractivity (Wildman–Crippen MR) is 82.4 cm³/mol. The van der Waals surface area contributed by atoms with Crippen molar-refractivity contribution in [3.8, 4) is 11.8 Å². The number of rotatable bonds is 2. The second-order valence-electron chi connectivity index (χ2n) is 7.36. The molecule has 2 rings (SSSR count). The molecule has 0 spiro atoms. The summed E-state index contributed by atoms with van der Waals surface area (Å²) in [6, 6.07) is 0. The standard InChI is InChI=1S/C18H25F3O2/c1-12(6-4-11-17(3,23)18(19,20)21)13-8-9-14-15(22)7-5-10-16(13,14)2/h8,12,14-15,22-23H,5-7,9-10H2,1-3H3/t12?,14?,15?,16-,17?/m1/s1. The number of alkyl halides is 3. The Labute approximate surface area is 135 Å². The Bertz CT molecular complexity index is 539. The number of hydrogen-bond acceptors (Lipinski definition) is 2. The molecular weight excluding hydrogens is 305 g/mol. The van der Waals surface area contributed by atoms with Crippen molar-refractivity contribution in [2.45, 2.75) is 70.8 Å². The van der Waals surface area contributed by atoms with E-state index in [1.807, 2.05) is 12.8 Å². The molecule has 2 aliphatic rings. The maximum absolute atomic E-state index is 12.6. The van der Waals surface area contributed by atoms with Gasteiger partial charge in [-0.15, -0.1) is 0 Å². The number of halogens is 3. The average molecular weight is 330 g/mol. The summed E-state index contributed by atoms with van der Waals surface area (Å²) in [4.78, 5) is 0. The molecule has 0 aromatic rings. The molecule has 1 saturated carbocycles. The van der Waals surface area contributed by atoms with Gasteiger partial charge < -0.3 is 10.2 Å². The van der Waals surface area contributed by atoms with Crippen LogP contribution in [0.15, 0.2) is 11.6 Å². The van der Waals surface area contributed by atoms with E-state index < -0.39 is 11.8 Å². The van der Waals surface area contributed by atoms with Crippen LogP contribution in [0.5, 0.6) is 0 Å². The predicted octanol–water partition coefficient (Wildman–Crippen LogP) is 3.83. The topological polar surface area (TPSA) is 40.5 Å². The van der Waals surface area contributed by atoms with Crippen LogP contribution in [0.3, 0.4) is 0 Å². The Kier molecular flexibility index (Phi) is 4.90. The van der Waals surface area contributed by atoms with Crippen LogP contribution in [0.4, 0.5) is 13.2 Å². The Morgan fingerprint density at radius 1 is 1.43 bits per heavy atom. The first-order valence-corrected chi connectivity index (χ1v) is 8.17. The minimum atomic E-state index is -4.75. The molecule has 2 N–H and O–H groups in total. The smallest absolute Gasteiger partial charge is 0.393 e. The van der Waals surface area contributed by atoms with Crippen molar-refractivity contribution >= 4 is 0 Å². The van der Waals surface area contributed by atoms with Crippen LogP contribution >= 0.6 is 0 Å². The highest BCUT2D eigenvalue weighted by molar-refractivity contribution is 5.28. The fraction of sp³-hybridized carbons (Fsp3) is 0.778. The van der Waals surface area contributed by atoms with Gasteiger partial charge in [-0.1, -0.05) is 37.3 Å². The van der Waals surface area contributed by atoms with E-state index in [0.717, 1.165) is 25.7 Å². The van der Waals surface area contributed by atoms with Gasteiger partial charge >= 0.3 is 6.18 Å². The highest BCUT2D eigenvalue weighted by Gasteiger charge is 2.49. The summed E-state index contributed by atoms with van der Waals surface area (Å²) in [5.41, 5.74) is -1.85. The lowest BCUT2D eigenvalue weighted by Gasteiger charge is -2.43. The molecule has 0 aliphatic heterocycles. The van der Waals surface area contributed by atoms with Crippen LogP contribution in [-0.4, -0.2) is 28.1 Å². The van der Waals surface area contributed by atoms with Crippen LogP contribution in [0, 0.1) is 29.1 Å². The molecule has 5 heteroatoms. The number of fused-ring (bicyclic) bond motifs is 1. The van der Waals surface area contributed by atoms with E-state index in [2.05, 4.69) is 18.9 Å². The molecule has 2 aliphatic carbocycles. The van der Waals surface area contributed by atoms with Crippen LogP contribution in [0.2, 0.25) is 0 Å². The lowest BCUT2D eigenvalue weighted by Crippen LogP contribution is -2.40. The van der Waals surface area contributed by atoms with Crippen molar-refractivity contribution in [1.29, 1.82) is 0 Å². The molecular formula is C18H25F3O2. The average Bonchev–Trinajstić information content (AvgIpc) is 2.75. The van der Waals surface area contributed by atoms with E-state index in [0.29, 0.717) is 6.92 Å². The Balaban J connectivity index is 2.07. The molecule has 0 radical (unpaired) electrons. The van der Waals surface area contributed by atoms with Crippen molar-refractivity contribution in [2.75, 3.05) is 0 Å². The quantitative estimate of drug-likeness (QED) is 0.597. The summed E-state index contributed by atoms with van der Waals surface area (Å²) in [5, 5.41) is 19.6. The first-order valence-electron chi connectivity index (χ1n) is 8.17. The van der Waals surface area contributed by atoms with E-state index >= 15 is 0 Å². The first-order chi connectivity index (χ1) is 10.5. The zero-order valence-electron chi connectivity index (χ0n) is 13.9. The molecule has 23 heavy (non-hydrogen) atoms. The van der Waals surface area contributed by atoms with Crippen molar-refractivity contribution < 1.29 is 23.4 Å². The summed E-state index contributed by atoms with van der Waals surface area (Å²) in [6.07, 6.45) is 0.969. The van der Waals surface area contributed by atoms with Gasteiger partial charge in [-0.3, -0.25) is 0 Å². The third-order valence-corrected chi connectivity index (χ3v) is 5.55. The van der Waals surface area contributed by atoms with E-state index in [1.165, 1.54) is 5.57 Å². The minimum absolute atomic E-state index is 0.0202. The van der Waals surface area contributed by atoms with Gasteiger partial charge in [0.2, 0.25) is 5.60 Å². The molecule has 130 valence electrons. The Hall–Kier alpha value is -0.990. The second-order valence-corrected chi connectivity index (χ2v) is 7.36. The lowest BCUT2D eigenvalue weighted by atomic mass is 9.63. The SMILES string of the molecule is CC(CC#CC(C)(O)C(F)(F)F)C1=CCC2C(O)CCC[C@]12C. The first kappa shape index (κ1) is 18.4. The number of hydrogen-bond donors (Lipinski definition) is 2. The lowest BCUT2D eigenvalue weighted by molar-refractivity contribution is -0.228. The zero-order valence-corrected chi connectivity index (χ0v) is 13.9. The van der Waals surface area contributed by atoms with Crippen LogP contribution < -0.4 is 0 Å². The van der Waals surface area contributed by atoms with Crippen molar-refractivity contribution in [3.63, 3.8) is 0 Å². The third kappa shape index (κ3) is 3.44. The fourth-order valence-corrected chi connectivity index (χ4v) is 4.07. The highest BCUT2D eigenvalue weighted by atomic mass is 19.4. The molecule has 0 saturated heterocycles. The minimum Gasteiger partial charge on any atom is -0.393 e. The molecule has 0 aromatic heterocycles. The van der Waals surface area contributed by atoms with Crippen LogP contribution in [0.25, 0.3) is 0 Å². The molecule has 2 nitrogen and oxygen atoms in total. The number of allylic oxidation sites excluding steroid dienone is 2. The largest absolute Gasteiger partial charge is 0.428 e. The van der Waals surface area contributed by atoms with Crippen molar-refractivity contribution in [2.24, 2.45) is 17.3 Å². The third-order valence-electron chi connectivity index (χ3n) is 5.55. The zero-order chi connectivity index (χ0) is 17.5. The summed E-state index contributed by atoms with van der Waals surface area (Å²) in [5.74, 6) is 4.69. The maximum Gasteiger partial charge on any atom is 0.428 e. The summed E-state index contributed by atoms with van der Waals surface area (Å²) >= 11 is 0. The summed E-state index contributed by atoms with van der Waals surface area (Å²) < 4.78 is 37.8. The van der Waals surface area contributed by atoms with E-state index in [1.54, 1.807) is 0 Å². The molecule has 4 unspecified atom stereocenters. The van der Waals surface area contributed by atoms with Crippen LogP contribution in [-0.2, 0) is 0 Å². The van der Waals surface area contributed by atoms with Crippen LogP contribution in [0.1, 0.15) is 52.9 Å². The van der Waals surface area contributed by atoms with Crippen molar-refractivity contribution in [1.82, 2.24) is 0 Å². The second kappa shape index (κ2) is 6.14. The molecule has 1 fully saturated rings. The normalized spacial score (nSPS) is 34.7. The maximum atomic E-state index is 12.6. The van der Waals surface area contributed by atoms with Gasteiger partial charge in [0.15, 0.2) is 0 Å².